The van der Waals surface area contributed by atoms with Crippen LogP contribution in [0.3, 0.4) is 0 Å². The van der Waals surface area contributed by atoms with E-state index in [1.54, 1.807) is 30.3 Å². The van der Waals surface area contributed by atoms with Crippen LogP contribution in [-0.2, 0) is 16.6 Å². The Morgan fingerprint density at radius 3 is 2.47 bits per heavy atom. The van der Waals surface area contributed by atoms with Crippen molar-refractivity contribution in [2.75, 3.05) is 7.05 Å². The van der Waals surface area contributed by atoms with Gasteiger partial charge in [0.2, 0.25) is 0 Å². The van der Waals surface area contributed by atoms with Crippen LogP contribution in [0.5, 0.6) is 0 Å². The zero-order valence-electron chi connectivity index (χ0n) is 10.6. The minimum absolute atomic E-state index is 0.0198. The predicted molar refractivity (Wildman–Crippen MR) is 74.1 cm³/mol. The van der Waals surface area contributed by atoms with E-state index < -0.39 is 15.8 Å². The van der Waals surface area contributed by atoms with Gasteiger partial charge in [-0.1, -0.05) is 18.2 Å². The van der Waals surface area contributed by atoms with Crippen LogP contribution >= 0.6 is 11.3 Å². The molecule has 0 aliphatic heterocycles. The molecule has 0 saturated heterocycles. The average molecular weight is 299 g/mol. The van der Waals surface area contributed by atoms with Crippen LogP contribution in [0.4, 0.5) is 4.39 Å². The van der Waals surface area contributed by atoms with E-state index in [2.05, 4.69) is 0 Å². The molecule has 0 aliphatic carbocycles. The standard InChI is InChI=1S/C13H14FNO2S2/c1-10-7-8-13(18-10)19(16,17)15(2)9-11-5-3-4-6-12(11)14/h3-8H,9H2,1-2H3. The Morgan fingerprint density at radius 2 is 1.89 bits per heavy atom. The van der Waals surface area contributed by atoms with Crippen LogP contribution in [0.2, 0.25) is 0 Å². The van der Waals surface area contributed by atoms with Crippen LogP contribution in [0.15, 0.2) is 40.6 Å². The molecule has 0 spiro atoms. The molecule has 0 radical (unpaired) electrons. The first-order valence-electron chi connectivity index (χ1n) is 5.67. The molecule has 0 saturated carbocycles. The van der Waals surface area contributed by atoms with E-state index in [-0.39, 0.29) is 10.8 Å². The summed E-state index contributed by atoms with van der Waals surface area (Å²) in [7, 11) is -2.09. The first-order valence-corrected chi connectivity index (χ1v) is 7.93. The van der Waals surface area contributed by atoms with Crippen molar-refractivity contribution in [3.8, 4) is 0 Å². The van der Waals surface area contributed by atoms with E-state index in [1.807, 2.05) is 6.92 Å². The van der Waals surface area contributed by atoms with Crippen molar-refractivity contribution in [2.24, 2.45) is 0 Å². The molecule has 2 rings (SSSR count). The van der Waals surface area contributed by atoms with Crippen LogP contribution in [0.25, 0.3) is 0 Å². The van der Waals surface area contributed by atoms with Crippen molar-refractivity contribution >= 4 is 21.4 Å². The minimum atomic E-state index is -3.55. The Labute approximate surface area is 116 Å². The maximum absolute atomic E-state index is 13.5. The SMILES string of the molecule is Cc1ccc(S(=O)(=O)N(C)Cc2ccccc2F)s1. The highest BCUT2D eigenvalue weighted by molar-refractivity contribution is 7.91. The van der Waals surface area contributed by atoms with Gasteiger partial charge in [0.1, 0.15) is 10.0 Å². The number of nitrogens with zero attached hydrogens (tertiary/aromatic N) is 1. The Morgan fingerprint density at radius 1 is 1.21 bits per heavy atom. The molecule has 0 bridgehead atoms. The van der Waals surface area contributed by atoms with Crippen LogP contribution in [0.1, 0.15) is 10.4 Å². The number of benzene rings is 1. The fourth-order valence-corrected chi connectivity index (χ4v) is 4.30. The fourth-order valence-electron chi connectivity index (χ4n) is 1.66. The molecule has 0 atom stereocenters. The lowest BCUT2D eigenvalue weighted by Crippen LogP contribution is -2.26. The third-order valence-corrected chi connectivity index (χ3v) is 6.00. The van der Waals surface area contributed by atoms with Crippen molar-refractivity contribution in [1.29, 1.82) is 0 Å². The van der Waals surface area contributed by atoms with Crippen molar-refractivity contribution in [1.82, 2.24) is 4.31 Å². The van der Waals surface area contributed by atoms with Gasteiger partial charge in [-0.25, -0.2) is 12.8 Å². The normalized spacial score (nSPS) is 12.0. The van der Waals surface area contributed by atoms with E-state index in [0.717, 1.165) is 9.18 Å². The smallest absolute Gasteiger partial charge is 0.207 e. The Balaban J connectivity index is 2.25. The molecule has 0 aliphatic rings. The molecular formula is C13H14FNO2S2. The zero-order chi connectivity index (χ0) is 14.0. The van der Waals surface area contributed by atoms with Crippen molar-refractivity contribution in [2.45, 2.75) is 17.7 Å². The van der Waals surface area contributed by atoms with Gasteiger partial charge in [-0.05, 0) is 25.1 Å². The van der Waals surface area contributed by atoms with Crippen LogP contribution in [-0.4, -0.2) is 19.8 Å². The molecule has 3 nitrogen and oxygen atoms in total. The zero-order valence-corrected chi connectivity index (χ0v) is 12.3. The van der Waals surface area contributed by atoms with Crippen molar-refractivity contribution in [3.63, 3.8) is 0 Å². The molecule has 6 heteroatoms. The molecule has 0 fully saturated rings. The van der Waals surface area contributed by atoms with E-state index in [4.69, 9.17) is 0 Å². The molecule has 0 unspecified atom stereocenters. The second-order valence-corrected chi connectivity index (χ2v) is 7.78. The summed E-state index contributed by atoms with van der Waals surface area (Å²) >= 11 is 1.21. The number of sulfonamides is 1. The molecular weight excluding hydrogens is 285 g/mol. The van der Waals surface area contributed by atoms with Crippen LogP contribution < -0.4 is 0 Å². The van der Waals surface area contributed by atoms with Gasteiger partial charge >= 0.3 is 0 Å². The summed E-state index contributed by atoms with van der Waals surface area (Å²) in [6, 6.07) is 9.51. The van der Waals surface area contributed by atoms with Crippen molar-refractivity contribution < 1.29 is 12.8 Å². The van der Waals surface area contributed by atoms with E-state index in [9.17, 15) is 12.8 Å². The van der Waals surface area contributed by atoms with Gasteiger partial charge in [0, 0.05) is 24.0 Å². The monoisotopic (exact) mass is 299 g/mol. The summed E-state index contributed by atoms with van der Waals surface area (Å²) in [5, 5.41) is 0. The third kappa shape index (κ3) is 3.02. The molecule has 1 aromatic carbocycles. The molecule has 102 valence electrons. The van der Waals surface area contributed by atoms with E-state index >= 15 is 0 Å². The largest absolute Gasteiger partial charge is 0.252 e. The Bertz CT molecular complexity index is 679. The Hall–Kier alpha value is -1.24. The topological polar surface area (TPSA) is 37.4 Å². The fraction of sp³-hybridized carbons (Fsp3) is 0.231. The molecule has 0 N–H and O–H groups in total. The van der Waals surface area contributed by atoms with Crippen molar-refractivity contribution in [3.05, 3.63) is 52.7 Å². The molecule has 19 heavy (non-hydrogen) atoms. The number of rotatable bonds is 4. The molecule has 1 heterocycles. The number of hydrogen-bond acceptors (Lipinski definition) is 3. The number of halogens is 1. The highest BCUT2D eigenvalue weighted by Crippen LogP contribution is 2.24. The minimum Gasteiger partial charge on any atom is -0.207 e. The van der Waals surface area contributed by atoms with Gasteiger partial charge in [-0.15, -0.1) is 11.3 Å². The van der Waals surface area contributed by atoms with Gasteiger partial charge in [0.25, 0.3) is 10.0 Å². The predicted octanol–water partition coefficient (Wildman–Crippen LogP) is 3.02. The average Bonchev–Trinajstić information content (AvgIpc) is 2.79. The highest BCUT2D eigenvalue weighted by Gasteiger charge is 2.23. The molecule has 0 amide bonds. The summed E-state index contributed by atoms with van der Waals surface area (Å²) in [5.74, 6) is -0.396. The second-order valence-electron chi connectivity index (χ2n) is 4.22. The van der Waals surface area contributed by atoms with Gasteiger partial charge in [0.05, 0.1) is 0 Å². The second kappa shape index (κ2) is 5.40. The molecule has 1 aromatic heterocycles. The van der Waals surface area contributed by atoms with Gasteiger partial charge in [0.15, 0.2) is 0 Å². The van der Waals surface area contributed by atoms with Gasteiger partial charge < -0.3 is 0 Å². The highest BCUT2D eigenvalue weighted by atomic mass is 32.2. The molecule has 2 aromatic rings. The number of aryl methyl sites for hydroxylation is 1. The first-order chi connectivity index (χ1) is 8.91. The van der Waals surface area contributed by atoms with Gasteiger partial charge in [-0.3, -0.25) is 0 Å². The lowest BCUT2D eigenvalue weighted by molar-refractivity contribution is 0.458. The summed E-state index contributed by atoms with van der Waals surface area (Å²) in [6.45, 7) is 1.87. The third-order valence-electron chi connectivity index (χ3n) is 2.73. The van der Waals surface area contributed by atoms with Gasteiger partial charge in [-0.2, -0.15) is 4.31 Å². The number of thiophene rings is 1. The maximum atomic E-state index is 13.5. The first kappa shape index (κ1) is 14.2. The van der Waals surface area contributed by atoms with E-state index in [1.165, 1.54) is 24.5 Å². The summed E-state index contributed by atoms with van der Waals surface area (Å²) in [5.41, 5.74) is 0.363. The lowest BCUT2D eigenvalue weighted by atomic mass is 10.2. The Kier molecular flexibility index (Phi) is 4.03. The maximum Gasteiger partial charge on any atom is 0.252 e. The summed E-state index contributed by atoms with van der Waals surface area (Å²) in [6.07, 6.45) is 0. The lowest BCUT2D eigenvalue weighted by Gasteiger charge is -2.16. The van der Waals surface area contributed by atoms with E-state index in [0.29, 0.717) is 5.56 Å². The van der Waals surface area contributed by atoms with Crippen LogP contribution in [0, 0.1) is 12.7 Å². The number of hydrogen-bond donors (Lipinski definition) is 0. The summed E-state index contributed by atoms with van der Waals surface area (Å²) < 4.78 is 39.5. The quantitative estimate of drug-likeness (QED) is 0.870. The summed E-state index contributed by atoms with van der Waals surface area (Å²) in [4.78, 5) is 0.929.